The van der Waals surface area contributed by atoms with E-state index in [1.807, 2.05) is 25.1 Å². The minimum Gasteiger partial charge on any atom is -0.480 e. The number of nitrogens with zero attached hydrogens (tertiary/aromatic N) is 2. The van der Waals surface area contributed by atoms with Gasteiger partial charge in [0.1, 0.15) is 6.54 Å². The molecule has 0 saturated carbocycles. The van der Waals surface area contributed by atoms with Crippen LogP contribution in [0.1, 0.15) is 11.4 Å². The van der Waals surface area contributed by atoms with Crippen molar-refractivity contribution < 1.29 is 14.7 Å². The number of aliphatic carboxylic acids is 1. The Morgan fingerprint density at radius 3 is 2.76 bits per heavy atom. The molecule has 6 heteroatoms. The first-order valence-corrected chi connectivity index (χ1v) is 5.12. The van der Waals surface area contributed by atoms with E-state index in [0.717, 1.165) is 11.4 Å². The topological polar surface area (TPSA) is 82.5 Å². The third-order valence-electron chi connectivity index (χ3n) is 2.08. The van der Waals surface area contributed by atoms with Gasteiger partial charge in [-0.2, -0.15) is 0 Å². The minimum absolute atomic E-state index is 0.340. The zero-order chi connectivity index (χ0) is 12.8. The van der Waals surface area contributed by atoms with Crippen LogP contribution in [0.5, 0.6) is 0 Å². The Labute approximate surface area is 99.3 Å². The van der Waals surface area contributed by atoms with E-state index in [1.54, 1.807) is 7.05 Å². The average Bonchev–Trinajstić information content (AvgIpc) is 2.25. The molecule has 0 saturated heterocycles. The summed E-state index contributed by atoms with van der Waals surface area (Å²) in [7, 11) is 1.58. The lowest BCUT2D eigenvalue weighted by Crippen LogP contribution is -2.39. The Bertz CT molecular complexity index is 420. The Morgan fingerprint density at radius 1 is 1.47 bits per heavy atom. The van der Waals surface area contributed by atoms with E-state index in [-0.39, 0.29) is 6.54 Å². The molecule has 0 aliphatic heterocycles. The molecular weight excluding hydrogens is 222 g/mol. The van der Waals surface area contributed by atoms with Gasteiger partial charge in [-0.1, -0.05) is 6.07 Å². The van der Waals surface area contributed by atoms with Crippen LogP contribution in [0, 0.1) is 6.92 Å². The molecule has 0 aliphatic rings. The highest BCUT2D eigenvalue weighted by Crippen LogP contribution is 2.01. The van der Waals surface area contributed by atoms with E-state index in [4.69, 9.17) is 5.11 Å². The Morgan fingerprint density at radius 2 is 2.18 bits per heavy atom. The number of amides is 2. The average molecular weight is 237 g/mol. The molecule has 0 fully saturated rings. The standard InChI is InChI=1S/C11H15N3O3/c1-8-4-3-5-9(13-8)7-14(2)11(17)12-6-10(15)16/h3-5H,6-7H2,1-2H3,(H,12,17)(H,15,16). The number of aryl methyl sites for hydroxylation is 1. The van der Waals surface area contributed by atoms with Crippen LogP contribution < -0.4 is 5.32 Å². The van der Waals surface area contributed by atoms with Gasteiger partial charge in [0.25, 0.3) is 0 Å². The number of carboxylic acid groups (broad SMARTS) is 1. The predicted molar refractivity (Wildman–Crippen MR) is 61.5 cm³/mol. The van der Waals surface area contributed by atoms with Crippen molar-refractivity contribution in [3.8, 4) is 0 Å². The van der Waals surface area contributed by atoms with Gasteiger partial charge in [0.05, 0.1) is 12.2 Å². The fourth-order valence-electron chi connectivity index (χ4n) is 1.29. The number of carbonyl (C=O) groups excluding carboxylic acids is 1. The first-order chi connectivity index (χ1) is 7.99. The molecule has 0 atom stereocenters. The van der Waals surface area contributed by atoms with Crippen molar-refractivity contribution in [2.24, 2.45) is 0 Å². The maximum atomic E-state index is 11.5. The van der Waals surface area contributed by atoms with Crippen LogP contribution in [0.25, 0.3) is 0 Å². The predicted octanol–water partition coefficient (Wildman–Crippen LogP) is 0.616. The third-order valence-corrected chi connectivity index (χ3v) is 2.08. The summed E-state index contributed by atoms with van der Waals surface area (Å²) in [6.45, 7) is 1.82. The lowest BCUT2D eigenvalue weighted by atomic mass is 10.3. The van der Waals surface area contributed by atoms with Gasteiger partial charge in [-0.3, -0.25) is 9.78 Å². The van der Waals surface area contributed by atoms with Gasteiger partial charge in [-0.05, 0) is 19.1 Å². The molecular formula is C11H15N3O3. The first kappa shape index (κ1) is 13.0. The summed E-state index contributed by atoms with van der Waals surface area (Å²) >= 11 is 0. The van der Waals surface area contributed by atoms with Gasteiger partial charge in [0.2, 0.25) is 0 Å². The molecule has 6 nitrogen and oxygen atoms in total. The molecule has 1 aromatic heterocycles. The molecule has 0 aromatic carbocycles. The maximum absolute atomic E-state index is 11.5. The monoisotopic (exact) mass is 237 g/mol. The largest absolute Gasteiger partial charge is 0.480 e. The fraction of sp³-hybridized carbons (Fsp3) is 0.364. The van der Waals surface area contributed by atoms with Gasteiger partial charge in [-0.25, -0.2) is 4.79 Å². The number of rotatable bonds is 4. The van der Waals surface area contributed by atoms with Crippen LogP contribution in [-0.2, 0) is 11.3 Å². The van der Waals surface area contributed by atoms with Crippen molar-refractivity contribution in [1.29, 1.82) is 0 Å². The van der Waals surface area contributed by atoms with E-state index in [1.165, 1.54) is 4.90 Å². The quantitative estimate of drug-likeness (QED) is 0.804. The molecule has 2 amide bonds. The lowest BCUT2D eigenvalue weighted by Gasteiger charge is -2.16. The molecule has 0 radical (unpaired) electrons. The molecule has 0 aliphatic carbocycles. The summed E-state index contributed by atoms with van der Waals surface area (Å²) in [5.74, 6) is -1.07. The van der Waals surface area contributed by atoms with Crippen LogP contribution in [0.15, 0.2) is 18.2 Å². The van der Waals surface area contributed by atoms with E-state index >= 15 is 0 Å². The number of nitrogens with one attached hydrogen (secondary N) is 1. The van der Waals surface area contributed by atoms with Gasteiger partial charge < -0.3 is 15.3 Å². The molecule has 1 rings (SSSR count). The molecule has 0 unspecified atom stereocenters. The number of hydrogen-bond donors (Lipinski definition) is 2. The van der Waals surface area contributed by atoms with Crippen molar-refractivity contribution in [1.82, 2.24) is 15.2 Å². The van der Waals surface area contributed by atoms with Crippen molar-refractivity contribution in [2.45, 2.75) is 13.5 Å². The summed E-state index contributed by atoms with van der Waals surface area (Å²) in [6, 6.07) is 5.11. The zero-order valence-electron chi connectivity index (χ0n) is 9.80. The van der Waals surface area contributed by atoms with Gasteiger partial charge in [0, 0.05) is 12.7 Å². The lowest BCUT2D eigenvalue weighted by molar-refractivity contribution is -0.135. The molecule has 2 N–H and O–H groups in total. The second kappa shape index (κ2) is 5.83. The second-order valence-corrected chi connectivity index (χ2v) is 3.68. The fourth-order valence-corrected chi connectivity index (χ4v) is 1.29. The van der Waals surface area contributed by atoms with Crippen molar-refractivity contribution in [2.75, 3.05) is 13.6 Å². The van der Waals surface area contributed by atoms with Crippen molar-refractivity contribution in [3.63, 3.8) is 0 Å². The van der Waals surface area contributed by atoms with Crippen molar-refractivity contribution >= 4 is 12.0 Å². The number of carboxylic acids is 1. The second-order valence-electron chi connectivity index (χ2n) is 3.68. The van der Waals surface area contributed by atoms with E-state index in [9.17, 15) is 9.59 Å². The number of hydrogen-bond acceptors (Lipinski definition) is 3. The Kier molecular flexibility index (Phi) is 4.45. The first-order valence-electron chi connectivity index (χ1n) is 5.12. The van der Waals surface area contributed by atoms with Crippen LogP contribution in [0.2, 0.25) is 0 Å². The van der Waals surface area contributed by atoms with Gasteiger partial charge in [0.15, 0.2) is 0 Å². The molecule has 0 bridgehead atoms. The summed E-state index contributed by atoms with van der Waals surface area (Å²) in [5.41, 5.74) is 1.64. The van der Waals surface area contributed by atoms with E-state index in [0.29, 0.717) is 6.54 Å². The Hall–Kier alpha value is -2.11. The number of aromatic nitrogens is 1. The molecule has 1 heterocycles. The highest BCUT2D eigenvalue weighted by atomic mass is 16.4. The van der Waals surface area contributed by atoms with Gasteiger partial charge >= 0.3 is 12.0 Å². The highest BCUT2D eigenvalue weighted by molar-refractivity contribution is 5.79. The molecule has 92 valence electrons. The molecule has 1 aromatic rings. The number of urea groups is 1. The number of pyridine rings is 1. The summed E-state index contributed by atoms with van der Waals surface area (Å²) in [6.07, 6.45) is 0. The van der Waals surface area contributed by atoms with Crippen molar-refractivity contribution in [3.05, 3.63) is 29.6 Å². The normalized spacial score (nSPS) is 9.76. The van der Waals surface area contributed by atoms with Gasteiger partial charge in [-0.15, -0.1) is 0 Å². The Balaban J connectivity index is 2.51. The maximum Gasteiger partial charge on any atom is 0.323 e. The van der Waals surface area contributed by atoms with Crippen LogP contribution in [0.4, 0.5) is 4.79 Å². The number of carbonyl (C=O) groups is 2. The van der Waals surface area contributed by atoms with Crippen LogP contribution in [0.3, 0.4) is 0 Å². The third kappa shape index (κ3) is 4.50. The molecule has 17 heavy (non-hydrogen) atoms. The van der Waals surface area contributed by atoms with E-state index < -0.39 is 12.0 Å². The summed E-state index contributed by atoms with van der Waals surface area (Å²) in [5, 5.41) is 10.7. The highest BCUT2D eigenvalue weighted by Gasteiger charge is 2.10. The molecule has 0 spiro atoms. The minimum atomic E-state index is -1.07. The SMILES string of the molecule is Cc1cccc(CN(C)C(=O)NCC(=O)O)n1. The smallest absolute Gasteiger partial charge is 0.323 e. The zero-order valence-corrected chi connectivity index (χ0v) is 9.80. The van der Waals surface area contributed by atoms with E-state index in [2.05, 4.69) is 10.3 Å². The summed E-state index contributed by atoms with van der Waals surface area (Å²) in [4.78, 5) is 27.4. The summed E-state index contributed by atoms with van der Waals surface area (Å²) < 4.78 is 0. The van der Waals surface area contributed by atoms with Crippen LogP contribution >= 0.6 is 0 Å². The van der Waals surface area contributed by atoms with Crippen LogP contribution in [-0.4, -0.2) is 40.6 Å².